The molecule has 0 saturated heterocycles. The molecule has 0 aliphatic carbocycles. The van der Waals surface area contributed by atoms with Crippen LogP contribution in [0.1, 0.15) is 5.56 Å². The van der Waals surface area contributed by atoms with Crippen molar-refractivity contribution in [3.63, 3.8) is 0 Å². The third kappa shape index (κ3) is 3.06. The van der Waals surface area contributed by atoms with Crippen LogP contribution in [0.5, 0.6) is 0 Å². The van der Waals surface area contributed by atoms with Gasteiger partial charge in [0.25, 0.3) is 0 Å². The smallest absolute Gasteiger partial charge is 0.175 e. The maximum Gasteiger partial charge on any atom is 0.175 e. The summed E-state index contributed by atoms with van der Waals surface area (Å²) in [5, 5.41) is 3.20. The van der Waals surface area contributed by atoms with Crippen LogP contribution in [0, 0.1) is 6.92 Å². The third-order valence-corrected chi connectivity index (χ3v) is 3.99. The van der Waals surface area contributed by atoms with E-state index in [0.29, 0.717) is 10.6 Å². The van der Waals surface area contributed by atoms with Gasteiger partial charge in [-0.25, -0.2) is 8.42 Å². The number of hydrogen-bond donors (Lipinski definition) is 2. The number of nitrogens with two attached hydrogens (primary N) is 1. The van der Waals surface area contributed by atoms with E-state index in [0.717, 1.165) is 16.9 Å². The van der Waals surface area contributed by atoms with E-state index < -0.39 is 9.84 Å². The average Bonchev–Trinajstić information content (AvgIpc) is 2.33. The summed E-state index contributed by atoms with van der Waals surface area (Å²) in [7, 11) is -3.16. The van der Waals surface area contributed by atoms with Gasteiger partial charge in [-0.3, -0.25) is 0 Å². The van der Waals surface area contributed by atoms with E-state index in [1.807, 2.05) is 25.1 Å². The Balaban J connectivity index is 2.30. The highest BCUT2D eigenvalue weighted by molar-refractivity contribution is 7.90. The molecule has 5 heteroatoms. The summed E-state index contributed by atoms with van der Waals surface area (Å²) in [5.74, 6) is 0. The van der Waals surface area contributed by atoms with Gasteiger partial charge in [0.05, 0.1) is 16.3 Å². The van der Waals surface area contributed by atoms with Crippen molar-refractivity contribution in [1.29, 1.82) is 0 Å². The first-order chi connectivity index (χ1) is 8.88. The van der Waals surface area contributed by atoms with Crippen molar-refractivity contribution in [2.24, 2.45) is 0 Å². The van der Waals surface area contributed by atoms with Gasteiger partial charge >= 0.3 is 0 Å². The van der Waals surface area contributed by atoms with Crippen molar-refractivity contribution < 1.29 is 8.42 Å². The van der Waals surface area contributed by atoms with Gasteiger partial charge in [-0.05, 0) is 42.8 Å². The number of sulfone groups is 1. The lowest BCUT2D eigenvalue weighted by molar-refractivity contribution is 0.602. The molecule has 0 heterocycles. The molecule has 0 fully saturated rings. The van der Waals surface area contributed by atoms with Gasteiger partial charge < -0.3 is 11.1 Å². The van der Waals surface area contributed by atoms with Gasteiger partial charge in [0.15, 0.2) is 9.84 Å². The Labute approximate surface area is 113 Å². The zero-order chi connectivity index (χ0) is 14.0. The van der Waals surface area contributed by atoms with Crippen molar-refractivity contribution in [3.8, 4) is 0 Å². The molecule has 3 N–H and O–H groups in total. The Morgan fingerprint density at radius 3 is 2.21 bits per heavy atom. The molecule has 4 nitrogen and oxygen atoms in total. The summed E-state index contributed by atoms with van der Waals surface area (Å²) in [6, 6.07) is 12.3. The number of rotatable bonds is 3. The van der Waals surface area contributed by atoms with Crippen LogP contribution in [0.25, 0.3) is 0 Å². The van der Waals surface area contributed by atoms with Crippen LogP contribution < -0.4 is 11.1 Å². The zero-order valence-corrected chi connectivity index (χ0v) is 11.7. The van der Waals surface area contributed by atoms with Crippen LogP contribution in [0.3, 0.4) is 0 Å². The van der Waals surface area contributed by atoms with Crippen molar-refractivity contribution in [2.45, 2.75) is 11.8 Å². The van der Waals surface area contributed by atoms with Crippen molar-refractivity contribution in [2.75, 3.05) is 17.3 Å². The molecule has 0 saturated carbocycles. The molecule has 2 aromatic carbocycles. The van der Waals surface area contributed by atoms with Crippen LogP contribution in [0.15, 0.2) is 47.4 Å². The summed E-state index contributed by atoms with van der Waals surface area (Å²) in [6.45, 7) is 1.96. The Kier molecular flexibility index (Phi) is 3.48. The van der Waals surface area contributed by atoms with Crippen LogP contribution in [0.2, 0.25) is 0 Å². The lowest BCUT2D eigenvalue weighted by Gasteiger charge is -2.12. The van der Waals surface area contributed by atoms with Crippen LogP contribution >= 0.6 is 0 Å². The van der Waals surface area contributed by atoms with E-state index in [2.05, 4.69) is 5.32 Å². The second-order valence-electron chi connectivity index (χ2n) is 4.46. The fraction of sp³-hybridized carbons (Fsp3) is 0.143. The van der Waals surface area contributed by atoms with Crippen molar-refractivity contribution in [3.05, 3.63) is 48.0 Å². The number of nitrogens with one attached hydrogen (secondary N) is 1. The van der Waals surface area contributed by atoms with E-state index in [-0.39, 0.29) is 0 Å². The lowest BCUT2D eigenvalue weighted by atomic mass is 10.1. The molecule has 0 amide bonds. The summed E-state index contributed by atoms with van der Waals surface area (Å²) in [4.78, 5) is 0.302. The van der Waals surface area contributed by atoms with Crippen molar-refractivity contribution in [1.82, 2.24) is 0 Å². The number of benzene rings is 2. The van der Waals surface area contributed by atoms with E-state index in [1.165, 1.54) is 6.26 Å². The minimum Gasteiger partial charge on any atom is -0.397 e. The first kappa shape index (κ1) is 13.4. The zero-order valence-electron chi connectivity index (χ0n) is 10.8. The highest BCUT2D eigenvalue weighted by atomic mass is 32.2. The number of nitrogen functional groups attached to an aromatic ring is 1. The second kappa shape index (κ2) is 4.93. The Morgan fingerprint density at radius 2 is 1.68 bits per heavy atom. The number of para-hydroxylation sites is 1. The Hall–Kier alpha value is -2.01. The standard InChI is InChI=1S/C14H16N2O2S/c1-10-4-3-5-13(15)14(10)16-11-6-8-12(9-7-11)19(2,17)18/h3-9,16H,15H2,1-2H3. The van der Waals surface area contributed by atoms with E-state index >= 15 is 0 Å². The van der Waals surface area contributed by atoms with Gasteiger partial charge in [-0.15, -0.1) is 0 Å². The second-order valence-corrected chi connectivity index (χ2v) is 6.48. The summed E-state index contributed by atoms with van der Waals surface area (Å²) < 4.78 is 22.7. The van der Waals surface area contributed by atoms with E-state index in [9.17, 15) is 8.42 Å². The molecule has 0 bridgehead atoms. The molecule has 0 radical (unpaired) electrons. The van der Waals surface area contributed by atoms with Gasteiger partial charge in [-0.2, -0.15) is 0 Å². The number of anilines is 3. The molecule has 0 aliphatic rings. The highest BCUT2D eigenvalue weighted by Crippen LogP contribution is 2.27. The molecular weight excluding hydrogens is 260 g/mol. The van der Waals surface area contributed by atoms with Crippen LogP contribution in [-0.2, 0) is 9.84 Å². The molecule has 0 aliphatic heterocycles. The quantitative estimate of drug-likeness (QED) is 0.845. The molecular formula is C14H16N2O2S. The molecule has 0 aromatic heterocycles. The lowest BCUT2D eigenvalue weighted by Crippen LogP contribution is -2.00. The van der Waals surface area contributed by atoms with Gasteiger partial charge in [0.1, 0.15) is 0 Å². The van der Waals surface area contributed by atoms with Crippen molar-refractivity contribution >= 4 is 26.9 Å². The van der Waals surface area contributed by atoms with E-state index in [4.69, 9.17) is 5.73 Å². The molecule has 19 heavy (non-hydrogen) atoms. The first-order valence-corrected chi connectivity index (χ1v) is 7.69. The third-order valence-electron chi connectivity index (χ3n) is 2.86. The monoisotopic (exact) mass is 276 g/mol. The minimum atomic E-state index is -3.16. The molecule has 2 rings (SSSR count). The first-order valence-electron chi connectivity index (χ1n) is 5.80. The normalized spacial score (nSPS) is 11.3. The fourth-order valence-corrected chi connectivity index (χ4v) is 2.42. The van der Waals surface area contributed by atoms with Gasteiger partial charge in [-0.1, -0.05) is 12.1 Å². The topological polar surface area (TPSA) is 72.2 Å². The highest BCUT2D eigenvalue weighted by Gasteiger charge is 2.07. The Bertz CT molecular complexity index is 672. The predicted octanol–water partition coefficient (Wildman–Crippen LogP) is 2.72. The summed E-state index contributed by atoms with van der Waals surface area (Å²) in [6.07, 6.45) is 1.19. The summed E-state index contributed by atoms with van der Waals surface area (Å²) >= 11 is 0. The van der Waals surface area contributed by atoms with Crippen LogP contribution in [-0.4, -0.2) is 14.7 Å². The maximum absolute atomic E-state index is 11.4. The minimum absolute atomic E-state index is 0.302. The average molecular weight is 276 g/mol. The van der Waals surface area contributed by atoms with Crippen LogP contribution in [0.4, 0.5) is 17.1 Å². The van der Waals surface area contributed by atoms with Gasteiger partial charge in [0.2, 0.25) is 0 Å². The number of hydrogen-bond acceptors (Lipinski definition) is 4. The molecule has 0 unspecified atom stereocenters. The fourth-order valence-electron chi connectivity index (χ4n) is 1.79. The molecule has 2 aromatic rings. The summed E-state index contributed by atoms with van der Waals surface area (Å²) in [5.41, 5.74) is 9.25. The molecule has 0 spiro atoms. The molecule has 100 valence electrons. The number of aryl methyl sites for hydroxylation is 1. The van der Waals surface area contributed by atoms with E-state index in [1.54, 1.807) is 24.3 Å². The molecule has 0 atom stereocenters. The maximum atomic E-state index is 11.4. The SMILES string of the molecule is Cc1cccc(N)c1Nc1ccc(S(C)(=O)=O)cc1. The van der Waals surface area contributed by atoms with Gasteiger partial charge in [0, 0.05) is 11.9 Å². The Morgan fingerprint density at radius 1 is 1.05 bits per heavy atom. The largest absolute Gasteiger partial charge is 0.397 e. The predicted molar refractivity (Wildman–Crippen MR) is 78.4 cm³/mol.